The maximum Gasteiger partial charge on any atom is 0.207 e. The molecule has 0 bridgehead atoms. The van der Waals surface area contributed by atoms with E-state index in [0.29, 0.717) is 31.6 Å². The van der Waals surface area contributed by atoms with Gasteiger partial charge in [-0.3, -0.25) is 20.6 Å². The van der Waals surface area contributed by atoms with Gasteiger partial charge in [0, 0.05) is 35.4 Å². The standard InChI is InChI=1S/C25H25N5O.C7H9N.C5H10/c26-24(13-12-19-14-29-23-11-4-3-10-22(19)23)30(25(27)15-28-17-31)16-20-8-5-7-18-6-1-2-9-21(18)20;1-2-7-5-3-4-6-8-7;1-4-5(2)3/h1-11,14,17,26-27,29H,12-13,15-16H2,(H,28,31);3-6H,2H2,1H3;4H,1-3H3. The van der Waals surface area contributed by atoms with Crippen LogP contribution in [0.3, 0.4) is 0 Å². The van der Waals surface area contributed by atoms with Gasteiger partial charge in [0.15, 0.2) is 0 Å². The average molecular weight is 589 g/mol. The number of pyridine rings is 1. The van der Waals surface area contributed by atoms with E-state index in [1.165, 1.54) is 5.57 Å². The van der Waals surface area contributed by atoms with Gasteiger partial charge in [-0.2, -0.15) is 0 Å². The number of nitrogens with zero attached hydrogens (tertiary/aromatic N) is 2. The minimum Gasteiger partial charge on any atom is -0.361 e. The van der Waals surface area contributed by atoms with E-state index in [4.69, 9.17) is 10.8 Å². The fraction of sp³-hybridized carbons (Fsp3) is 0.243. The number of aromatic nitrogens is 2. The molecule has 2 aromatic heterocycles. The topological polar surface area (TPSA) is 109 Å². The number of carbonyl (C=O) groups is 1. The Morgan fingerprint density at radius 1 is 0.886 bits per heavy atom. The maximum atomic E-state index is 10.8. The van der Waals surface area contributed by atoms with Gasteiger partial charge in [0.2, 0.25) is 6.41 Å². The van der Waals surface area contributed by atoms with Crippen molar-refractivity contribution in [3.8, 4) is 0 Å². The highest BCUT2D eigenvalue weighted by Gasteiger charge is 2.17. The number of nitrogens with one attached hydrogen (secondary N) is 4. The molecule has 228 valence electrons. The number of carbonyl (C=O) groups excluding carboxylic acids is 1. The third kappa shape index (κ3) is 10.1. The van der Waals surface area contributed by atoms with Crippen LogP contribution >= 0.6 is 0 Å². The molecule has 7 heteroatoms. The summed E-state index contributed by atoms with van der Waals surface area (Å²) in [7, 11) is 0. The molecule has 0 aliphatic heterocycles. The normalized spacial score (nSPS) is 10.1. The lowest BCUT2D eigenvalue weighted by Crippen LogP contribution is -2.41. The van der Waals surface area contributed by atoms with Crippen molar-refractivity contribution in [2.75, 3.05) is 6.54 Å². The zero-order valence-corrected chi connectivity index (χ0v) is 26.2. The zero-order chi connectivity index (χ0) is 31.7. The Morgan fingerprint density at radius 2 is 1.57 bits per heavy atom. The summed E-state index contributed by atoms with van der Waals surface area (Å²) in [6.07, 6.45) is 8.70. The number of allylic oxidation sites excluding steroid dienone is 2. The molecule has 2 heterocycles. The molecule has 1 amide bonds. The van der Waals surface area contributed by atoms with Crippen LogP contribution in [0.4, 0.5) is 0 Å². The molecule has 0 aliphatic rings. The number of amidine groups is 2. The van der Waals surface area contributed by atoms with Crippen LogP contribution in [-0.4, -0.2) is 39.5 Å². The Bertz CT molecular complexity index is 1660. The van der Waals surface area contributed by atoms with Crippen LogP contribution < -0.4 is 5.32 Å². The summed E-state index contributed by atoms with van der Waals surface area (Å²) in [6, 6.07) is 28.3. The van der Waals surface area contributed by atoms with Gasteiger partial charge in [-0.1, -0.05) is 85.3 Å². The predicted molar refractivity (Wildman–Crippen MR) is 184 cm³/mol. The van der Waals surface area contributed by atoms with E-state index in [1.54, 1.807) is 4.90 Å². The summed E-state index contributed by atoms with van der Waals surface area (Å²) < 4.78 is 0. The van der Waals surface area contributed by atoms with E-state index in [9.17, 15) is 4.79 Å². The number of rotatable bonds is 9. The predicted octanol–water partition coefficient (Wildman–Crippen LogP) is 8.07. The van der Waals surface area contributed by atoms with Crippen LogP contribution in [0.15, 0.2) is 109 Å². The summed E-state index contributed by atoms with van der Waals surface area (Å²) >= 11 is 0. The summed E-state index contributed by atoms with van der Waals surface area (Å²) in [6.45, 7) is 8.80. The third-order valence-electron chi connectivity index (χ3n) is 7.18. The second kappa shape index (κ2) is 17.8. The summed E-state index contributed by atoms with van der Waals surface area (Å²) in [5, 5.41) is 23.2. The molecule has 0 fully saturated rings. The SMILES string of the molecule is CC=C(C)C.CCc1ccccn1.N=C(CCc1c[nH]c2ccccc12)N(Cc1cccc2ccccc12)C(=N)CNC=O. The van der Waals surface area contributed by atoms with Gasteiger partial charge in [0.1, 0.15) is 11.7 Å². The summed E-state index contributed by atoms with van der Waals surface area (Å²) in [5.41, 5.74) is 5.82. The highest BCUT2D eigenvalue weighted by atomic mass is 16.1. The van der Waals surface area contributed by atoms with Crippen LogP contribution in [-0.2, 0) is 24.2 Å². The van der Waals surface area contributed by atoms with E-state index < -0.39 is 0 Å². The Hall–Kier alpha value is -5.04. The summed E-state index contributed by atoms with van der Waals surface area (Å²) in [4.78, 5) is 19.8. The van der Waals surface area contributed by atoms with Gasteiger partial charge in [-0.25, -0.2) is 0 Å². The first-order valence-corrected chi connectivity index (χ1v) is 15.0. The van der Waals surface area contributed by atoms with E-state index in [0.717, 1.165) is 44.9 Å². The van der Waals surface area contributed by atoms with Gasteiger partial charge in [-0.15, -0.1) is 0 Å². The first-order valence-electron chi connectivity index (χ1n) is 15.0. The molecule has 7 nitrogen and oxygen atoms in total. The van der Waals surface area contributed by atoms with Gasteiger partial charge in [0.05, 0.1) is 13.1 Å². The van der Waals surface area contributed by atoms with Crippen molar-refractivity contribution in [2.45, 2.75) is 53.5 Å². The van der Waals surface area contributed by atoms with Gasteiger partial charge >= 0.3 is 0 Å². The lowest BCUT2D eigenvalue weighted by atomic mass is 10.0. The first-order chi connectivity index (χ1) is 21.4. The fourth-order valence-electron chi connectivity index (χ4n) is 4.52. The van der Waals surface area contributed by atoms with Crippen molar-refractivity contribution >= 4 is 39.8 Å². The van der Waals surface area contributed by atoms with Crippen molar-refractivity contribution in [3.05, 3.63) is 126 Å². The highest BCUT2D eigenvalue weighted by Crippen LogP contribution is 2.22. The number of hydrogen-bond acceptors (Lipinski definition) is 4. The van der Waals surface area contributed by atoms with E-state index in [2.05, 4.69) is 66.4 Å². The van der Waals surface area contributed by atoms with Crippen LogP contribution in [0, 0.1) is 10.8 Å². The second-order valence-electron chi connectivity index (χ2n) is 10.5. The second-order valence-corrected chi connectivity index (χ2v) is 10.5. The van der Waals surface area contributed by atoms with E-state index in [-0.39, 0.29) is 12.4 Å². The number of H-pyrrole nitrogens is 1. The van der Waals surface area contributed by atoms with Crippen LogP contribution in [0.25, 0.3) is 21.7 Å². The van der Waals surface area contributed by atoms with E-state index in [1.807, 2.05) is 80.0 Å². The smallest absolute Gasteiger partial charge is 0.207 e. The number of aromatic amines is 1. The monoisotopic (exact) mass is 588 g/mol. The van der Waals surface area contributed by atoms with Crippen molar-refractivity contribution in [3.63, 3.8) is 0 Å². The number of fused-ring (bicyclic) bond motifs is 2. The molecular weight excluding hydrogens is 544 g/mol. The Labute approximate surface area is 261 Å². The largest absolute Gasteiger partial charge is 0.361 e. The molecule has 0 unspecified atom stereocenters. The Morgan fingerprint density at radius 3 is 2.23 bits per heavy atom. The molecule has 44 heavy (non-hydrogen) atoms. The maximum absolute atomic E-state index is 10.8. The number of amides is 1. The first kappa shape index (κ1) is 33.5. The molecule has 0 radical (unpaired) electrons. The number of aryl methyl sites for hydroxylation is 2. The Balaban J connectivity index is 0.000000338. The van der Waals surface area contributed by atoms with E-state index >= 15 is 0 Å². The lowest BCUT2D eigenvalue weighted by molar-refractivity contribution is -0.109. The van der Waals surface area contributed by atoms with Crippen LogP contribution in [0.2, 0.25) is 0 Å². The molecule has 0 saturated heterocycles. The third-order valence-corrected chi connectivity index (χ3v) is 7.18. The molecule has 5 aromatic rings. The quantitative estimate of drug-likeness (QED) is 0.0605. The highest BCUT2D eigenvalue weighted by molar-refractivity contribution is 6.00. The van der Waals surface area contributed by atoms with Gasteiger partial charge < -0.3 is 15.2 Å². The number of hydrogen-bond donors (Lipinski definition) is 4. The minimum atomic E-state index is 0.0870. The fourth-order valence-corrected chi connectivity index (χ4v) is 4.52. The number of para-hydroxylation sites is 1. The van der Waals surface area contributed by atoms with Crippen molar-refractivity contribution in [1.82, 2.24) is 20.2 Å². The molecule has 0 spiro atoms. The van der Waals surface area contributed by atoms with Crippen molar-refractivity contribution < 1.29 is 4.79 Å². The van der Waals surface area contributed by atoms with Gasteiger partial charge in [0.25, 0.3) is 0 Å². The molecule has 0 atom stereocenters. The zero-order valence-electron chi connectivity index (χ0n) is 26.2. The average Bonchev–Trinajstić information content (AvgIpc) is 3.49. The Kier molecular flexibility index (Phi) is 13.5. The molecular formula is C37H44N6O. The molecule has 5 rings (SSSR count). The number of benzene rings is 3. The molecule has 0 saturated carbocycles. The molecule has 3 aromatic carbocycles. The van der Waals surface area contributed by atoms with Crippen molar-refractivity contribution in [2.24, 2.45) is 0 Å². The minimum absolute atomic E-state index is 0.0870. The molecule has 0 aliphatic carbocycles. The van der Waals surface area contributed by atoms with Crippen LogP contribution in [0.1, 0.15) is 50.9 Å². The van der Waals surface area contributed by atoms with Gasteiger partial charge in [-0.05, 0) is 73.7 Å². The van der Waals surface area contributed by atoms with Crippen molar-refractivity contribution in [1.29, 1.82) is 10.8 Å². The molecule has 4 N–H and O–H groups in total. The summed E-state index contributed by atoms with van der Waals surface area (Å²) in [5.74, 6) is 0.555. The van der Waals surface area contributed by atoms with Crippen LogP contribution in [0.5, 0.6) is 0 Å². The lowest BCUT2D eigenvalue weighted by Gasteiger charge is -2.26.